The van der Waals surface area contributed by atoms with E-state index >= 15 is 0 Å². The van der Waals surface area contributed by atoms with E-state index in [1.165, 1.54) is 0 Å². The molecule has 5 atom stereocenters. The zero-order chi connectivity index (χ0) is 7.85. The predicted octanol–water partition coefficient (Wildman–Crippen LogP) is 0.0660. The Morgan fingerprint density at radius 1 is 1.36 bits per heavy atom. The summed E-state index contributed by atoms with van der Waals surface area (Å²) in [6.07, 6.45) is 0.813. The Morgan fingerprint density at radius 3 is 2.55 bits per heavy atom. The van der Waals surface area contributed by atoms with Crippen LogP contribution in [0, 0.1) is 0 Å². The largest absolute Gasteiger partial charge is 0.390 e. The molecule has 3 fully saturated rings. The van der Waals surface area contributed by atoms with Gasteiger partial charge in [0.1, 0.15) is 17.8 Å². The normalized spacial score (nSPS) is 71.7. The van der Waals surface area contributed by atoms with Crippen LogP contribution in [0.2, 0.25) is 0 Å². The molecule has 0 aromatic rings. The van der Waals surface area contributed by atoms with E-state index in [2.05, 4.69) is 0 Å². The second-order valence-corrected chi connectivity index (χ2v) is 4.30. The van der Waals surface area contributed by atoms with Gasteiger partial charge in [0.2, 0.25) is 0 Å². The third-order valence-electron chi connectivity index (χ3n) is 3.37. The molecule has 5 unspecified atom stereocenters. The molecule has 0 aromatic heterocycles. The van der Waals surface area contributed by atoms with Gasteiger partial charge in [0.15, 0.2) is 0 Å². The highest BCUT2D eigenvalue weighted by molar-refractivity contribution is 5.24. The molecule has 3 nitrogen and oxygen atoms in total. The first-order valence-corrected chi connectivity index (χ1v) is 4.10. The fourth-order valence-electron chi connectivity index (χ4n) is 2.63. The van der Waals surface area contributed by atoms with E-state index in [0.717, 1.165) is 6.42 Å². The summed E-state index contributed by atoms with van der Waals surface area (Å²) >= 11 is 0. The van der Waals surface area contributed by atoms with Crippen molar-refractivity contribution >= 4 is 0 Å². The van der Waals surface area contributed by atoms with Gasteiger partial charge in [-0.15, -0.1) is 0 Å². The third-order valence-corrected chi connectivity index (χ3v) is 3.37. The van der Waals surface area contributed by atoms with Crippen LogP contribution in [0.1, 0.15) is 20.3 Å². The van der Waals surface area contributed by atoms with Crippen LogP contribution >= 0.6 is 0 Å². The first kappa shape index (κ1) is 6.40. The minimum atomic E-state index is -0.403. The molecule has 1 N–H and O–H groups in total. The number of epoxide rings is 1. The molecule has 0 spiro atoms. The van der Waals surface area contributed by atoms with Gasteiger partial charge >= 0.3 is 0 Å². The van der Waals surface area contributed by atoms with Crippen molar-refractivity contribution in [2.45, 2.75) is 49.8 Å². The molecular formula is C8H12O3. The molecule has 2 bridgehead atoms. The molecule has 3 rings (SSSR count). The zero-order valence-electron chi connectivity index (χ0n) is 6.70. The monoisotopic (exact) mass is 156 g/mol. The maximum atomic E-state index is 9.64. The maximum Gasteiger partial charge on any atom is 0.121 e. The van der Waals surface area contributed by atoms with Crippen molar-refractivity contribution in [2.75, 3.05) is 0 Å². The van der Waals surface area contributed by atoms with Gasteiger partial charge in [0.05, 0.1) is 11.7 Å². The van der Waals surface area contributed by atoms with E-state index in [4.69, 9.17) is 9.47 Å². The molecule has 0 saturated carbocycles. The molecule has 3 heteroatoms. The topological polar surface area (TPSA) is 42.0 Å². The minimum Gasteiger partial charge on any atom is -0.390 e. The Morgan fingerprint density at radius 2 is 2.09 bits per heavy atom. The van der Waals surface area contributed by atoms with Crippen LogP contribution in [-0.4, -0.2) is 34.6 Å². The molecule has 3 aliphatic heterocycles. The van der Waals surface area contributed by atoms with Crippen molar-refractivity contribution < 1.29 is 14.6 Å². The molecule has 3 saturated heterocycles. The number of ether oxygens (including phenoxy) is 2. The number of hydrogen-bond acceptors (Lipinski definition) is 3. The fraction of sp³-hybridized carbons (Fsp3) is 1.00. The molecule has 0 aliphatic carbocycles. The standard InChI is InChI=1S/C8H12O3/c1-7-3-4(9)8(2,11-7)6-5(7)10-6/h4-6,9H,3H2,1-2H3. The van der Waals surface area contributed by atoms with Gasteiger partial charge in [-0.3, -0.25) is 0 Å². The van der Waals surface area contributed by atoms with Gasteiger partial charge in [-0.25, -0.2) is 0 Å². The minimum absolute atomic E-state index is 0.163. The molecular weight excluding hydrogens is 144 g/mol. The lowest BCUT2D eigenvalue weighted by Crippen LogP contribution is -2.41. The lowest BCUT2D eigenvalue weighted by molar-refractivity contribution is -0.114. The van der Waals surface area contributed by atoms with E-state index in [0.29, 0.717) is 0 Å². The number of hydrogen-bond donors (Lipinski definition) is 1. The predicted molar refractivity (Wildman–Crippen MR) is 37.2 cm³/mol. The SMILES string of the molecule is CC12CC(O)C(C)(O1)C1OC12. The van der Waals surface area contributed by atoms with Gasteiger partial charge in [0.25, 0.3) is 0 Å². The summed E-state index contributed by atoms with van der Waals surface area (Å²) in [4.78, 5) is 0. The van der Waals surface area contributed by atoms with E-state index in [-0.39, 0.29) is 23.9 Å². The van der Waals surface area contributed by atoms with Crippen molar-refractivity contribution in [1.82, 2.24) is 0 Å². The molecule has 62 valence electrons. The van der Waals surface area contributed by atoms with Crippen LogP contribution in [0.5, 0.6) is 0 Å². The van der Waals surface area contributed by atoms with Crippen LogP contribution in [-0.2, 0) is 9.47 Å². The molecule has 0 amide bonds. The van der Waals surface area contributed by atoms with Gasteiger partial charge in [0, 0.05) is 6.42 Å². The first-order valence-electron chi connectivity index (χ1n) is 4.10. The molecule has 0 radical (unpaired) electrons. The van der Waals surface area contributed by atoms with E-state index in [1.54, 1.807) is 0 Å². The Hall–Kier alpha value is -0.120. The van der Waals surface area contributed by atoms with Crippen LogP contribution < -0.4 is 0 Å². The van der Waals surface area contributed by atoms with Gasteiger partial charge in [-0.2, -0.15) is 0 Å². The average Bonchev–Trinajstić information content (AvgIpc) is 2.55. The highest BCUT2D eigenvalue weighted by Gasteiger charge is 2.76. The molecule has 3 heterocycles. The lowest BCUT2D eigenvalue weighted by Gasteiger charge is -2.23. The van der Waals surface area contributed by atoms with E-state index < -0.39 is 5.60 Å². The Labute approximate surface area is 65.3 Å². The Bertz CT molecular complexity index is 225. The summed E-state index contributed by atoms with van der Waals surface area (Å²) in [6, 6.07) is 0. The van der Waals surface area contributed by atoms with Crippen LogP contribution in [0.3, 0.4) is 0 Å². The van der Waals surface area contributed by atoms with Crippen LogP contribution in [0.25, 0.3) is 0 Å². The number of aliphatic hydroxyl groups is 1. The summed E-state index contributed by atoms with van der Waals surface area (Å²) < 4.78 is 11.2. The summed E-state index contributed by atoms with van der Waals surface area (Å²) in [5.41, 5.74) is -0.599. The Kier molecular flexibility index (Phi) is 0.795. The number of rotatable bonds is 0. The summed E-state index contributed by atoms with van der Waals surface area (Å²) in [6.45, 7) is 3.97. The van der Waals surface area contributed by atoms with E-state index in [1.807, 2.05) is 13.8 Å². The van der Waals surface area contributed by atoms with Crippen molar-refractivity contribution in [2.24, 2.45) is 0 Å². The molecule has 3 aliphatic rings. The number of fused-ring (bicyclic) bond motifs is 5. The average molecular weight is 156 g/mol. The summed E-state index contributed by atoms with van der Waals surface area (Å²) in [5, 5.41) is 9.64. The molecule has 11 heavy (non-hydrogen) atoms. The van der Waals surface area contributed by atoms with Gasteiger partial charge < -0.3 is 14.6 Å². The third kappa shape index (κ3) is 0.504. The quantitative estimate of drug-likeness (QED) is 0.504. The van der Waals surface area contributed by atoms with Crippen LogP contribution in [0.15, 0.2) is 0 Å². The number of aliphatic hydroxyl groups excluding tert-OH is 1. The van der Waals surface area contributed by atoms with Crippen molar-refractivity contribution in [1.29, 1.82) is 0 Å². The fourth-order valence-corrected chi connectivity index (χ4v) is 2.63. The second kappa shape index (κ2) is 1.37. The summed E-state index contributed by atoms with van der Waals surface area (Å²) in [5.74, 6) is 0. The van der Waals surface area contributed by atoms with Crippen LogP contribution in [0.4, 0.5) is 0 Å². The van der Waals surface area contributed by atoms with Crippen molar-refractivity contribution in [3.63, 3.8) is 0 Å². The zero-order valence-corrected chi connectivity index (χ0v) is 6.70. The molecule has 0 aromatic carbocycles. The highest BCUT2D eigenvalue weighted by atomic mass is 16.7. The Balaban J connectivity index is 2.08. The highest BCUT2D eigenvalue weighted by Crippen LogP contribution is 2.60. The second-order valence-electron chi connectivity index (χ2n) is 4.30. The maximum absolute atomic E-state index is 9.64. The van der Waals surface area contributed by atoms with Gasteiger partial charge in [-0.05, 0) is 13.8 Å². The van der Waals surface area contributed by atoms with Gasteiger partial charge in [-0.1, -0.05) is 0 Å². The van der Waals surface area contributed by atoms with Crippen molar-refractivity contribution in [3.05, 3.63) is 0 Å². The smallest absolute Gasteiger partial charge is 0.121 e. The first-order chi connectivity index (χ1) is 5.06. The summed E-state index contributed by atoms with van der Waals surface area (Å²) in [7, 11) is 0. The lowest BCUT2D eigenvalue weighted by atomic mass is 9.82. The van der Waals surface area contributed by atoms with Crippen molar-refractivity contribution in [3.8, 4) is 0 Å². The van der Waals surface area contributed by atoms with E-state index in [9.17, 15) is 5.11 Å².